The molecule has 1 aromatic heterocycles. The lowest BCUT2D eigenvalue weighted by atomic mass is 10.1. The topological polar surface area (TPSA) is 94.2 Å². The highest BCUT2D eigenvalue weighted by Crippen LogP contribution is 2.14. The maximum atomic E-state index is 12.1. The standard InChI is InChI=1S/C11H19N3O3S/c1-7(2)8(3)13-18(16,17)9-5-10(11(12)15)14(4)6-9/h5-8,13H,1-4H3,(H2,12,15)/t8-/m1/s1. The SMILES string of the molecule is CC(C)[C@@H](C)NS(=O)(=O)c1cc(C(N)=O)n(C)c1. The summed E-state index contributed by atoms with van der Waals surface area (Å²) in [4.78, 5) is 11.1. The summed E-state index contributed by atoms with van der Waals surface area (Å²) in [5.74, 6) is -0.477. The van der Waals surface area contributed by atoms with Gasteiger partial charge in [0.2, 0.25) is 10.0 Å². The van der Waals surface area contributed by atoms with Crippen molar-refractivity contribution < 1.29 is 13.2 Å². The monoisotopic (exact) mass is 273 g/mol. The van der Waals surface area contributed by atoms with Gasteiger partial charge in [0, 0.05) is 19.3 Å². The average Bonchev–Trinajstić information content (AvgIpc) is 2.60. The Kier molecular flexibility index (Phi) is 4.18. The normalized spacial score (nSPS) is 13.8. The van der Waals surface area contributed by atoms with E-state index in [1.165, 1.54) is 16.8 Å². The number of carbonyl (C=O) groups is 1. The summed E-state index contributed by atoms with van der Waals surface area (Å²) in [7, 11) is -2.04. The van der Waals surface area contributed by atoms with Crippen molar-refractivity contribution in [3.05, 3.63) is 18.0 Å². The molecule has 0 saturated heterocycles. The molecule has 7 heteroatoms. The van der Waals surface area contributed by atoms with Gasteiger partial charge < -0.3 is 10.3 Å². The molecular weight excluding hydrogens is 254 g/mol. The third kappa shape index (κ3) is 3.11. The van der Waals surface area contributed by atoms with Crippen LogP contribution in [0.4, 0.5) is 0 Å². The van der Waals surface area contributed by atoms with Crippen molar-refractivity contribution in [3.63, 3.8) is 0 Å². The number of carbonyl (C=O) groups excluding carboxylic acids is 1. The van der Waals surface area contributed by atoms with Crippen LogP contribution in [-0.4, -0.2) is 24.9 Å². The Morgan fingerprint density at radius 3 is 2.33 bits per heavy atom. The van der Waals surface area contributed by atoms with Gasteiger partial charge in [-0.05, 0) is 18.9 Å². The summed E-state index contributed by atoms with van der Waals surface area (Å²) in [6.45, 7) is 5.64. The summed E-state index contributed by atoms with van der Waals surface area (Å²) in [5.41, 5.74) is 5.31. The van der Waals surface area contributed by atoms with Gasteiger partial charge in [0.25, 0.3) is 5.91 Å². The van der Waals surface area contributed by atoms with E-state index in [2.05, 4.69) is 4.72 Å². The van der Waals surface area contributed by atoms with E-state index in [-0.39, 0.29) is 22.5 Å². The zero-order valence-electron chi connectivity index (χ0n) is 11.0. The number of primary amides is 1. The number of hydrogen-bond donors (Lipinski definition) is 2. The van der Waals surface area contributed by atoms with Gasteiger partial charge in [0.05, 0.1) is 0 Å². The molecule has 0 aliphatic heterocycles. The van der Waals surface area contributed by atoms with Crippen molar-refractivity contribution in [2.24, 2.45) is 18.7 Å². The molecule has 6 nitrogen and oxygen atoms in total. The zero-order valence-corrected chi connectivity index (χ0v) is 11.8. The van der Waals surface area contributed by atoms with Crippen LogP contribution in [0.2, 0.25) is 0 Å². The molecule has 0 radical (unpaired) electrons. The Morgan fingerprint density at radius 1 is 1.39 bits per heavy atom. The Labute approximate surface area is 107 Å². The van der Waals surface area contributed by atoms with Gasteiger partial charge in [-0.1, -0.05) is 13.8 Å². The van der Waals surface area contributed by atoms with Gasteiger partial charge in [0.1, 0.15) is 10.6 Å². The molecule has 1 rings (SSSR count). The van der Waals surface area contributed by atoms with E-state index >= 15 is 0 Å². The number of nitrogens with one attached hydrogen (secondary N) is 1. The second-order valence-electron chi connectivity index (χ2n) is 4.69. The first-order valence-electron chi connectivity index (χ1n) is 5.63. The molecule has 3 N–H and O–H groups in total. The van der Waals surface area contributed by atoms with E-state index in [0.717, 1.165) is 0 Å². The van der Waals surface area contributed by atoms with E-state index in [1.54, 1.807) is 14.0 Å². The van der Waals surface area contributed by atoms with E-state index in [4.69, 9.17) is 5.73 Å². The van der Waals surface area contributed by atoms with Crippen LogP contribution in [-0.2, 0) is 17.1 Å². The molecular formula is C11H19N3O3S. The molecule has 102 valence electrons. The lowest BCUT2D eigenvalue weighted by Crippen LogP contribution is -2.35. The summed E-state index contributed by atoms with van der Waals surface area (Å²) in [6.07, 6.45) is 1.37. The smallest absolute Gasteiger partial charge is 0.265 e. The average molecular weight is 273 g/mol. The van der Waals surface area contributed by atoms with Crippen LogP contribution in [0.5, 0.6) is 0 Å². The minimum absolute atomic E-state index is 0.0475. The number of hydrogen-bond acceptors (Lipinski definition) is 3. The first-order valence-corrected chi connectivity index (χ1v) is 7.12. The van der Waals surface area contributed by atoms with E-state index in [1.807, 2.05) is 13.8 Å². The maximum Gasteiger partial charge on any atom is 0.265 e. The Balaban J connectivity index is 3.06. The number of sulfonamides is 1. The van der Waals surface area contributed by atoms with Crippen molar-refractivity contribution in [1.29, 1.82) is 0 Å². The van der Waals surface area contributed by atoms with Crippen LogP contribution >= 0.6 is 0 Å². The van der Waals surface area contributed by atoms with Crippen LogP contribution in [0.3, 0.4) is 0 Å². The van der Waals surface area contributed by atoms with Crippen molar-refractivity contribution in [2.45, 2.75) is 31.7 Å². The number of aromatic nitrogens is 1. The second kappa shape index (κ2) is 5.11. The lowest BCUT2D eigenvalue weighted by molar-refractivity contribution is 0.0992. The molecule has 1 atom stereocenters. The number of amides is 1. The fourth-order valence-corrected chi connectivity index (χ4v) is 2.84. The zero-order chi connectivity index (χ0) is 14.1. The highest BCUT2D eigenvalue weighted by molar-refractivity contribution is 7.89. The number of aryl methyl sites for hydroxylation is 1. The molecule has 0 unspecified atom stereocenters. The second-order valence-corrected chi connectivity index (χ2v) is 6.40. The number of nitrogens with two attached hydrogens (primary N) is 1. The van der Waals surface area contributed by atoms with Gasteiger partial charge in [-0.15, -0.1) is 0 Å². The summed E-state index contributed by atoms with van der Waals surface area (Å²) in [5, 5.41) is 0. The molecule has 1 amide bonds. The van der Waals surface area contributed by atoms with Crippen molar-refractivity contribution in [1.82, 2.24) is 9.29 Å². The Bertz CT molecular complexity index is 546. The number of rotatable bonds is 5. The van der Waals surface area contributed by atoms with Crippen LogP contribution in [0.15, 0.2) is 17.2 Å². The molecule has 0 spiro atoms. The third-order valence-electron chi connectivity index (χ3n) is 2.88. The van der Waals surface area contributed by atoms with E-state index < -0.39 is 15.9 Å². The Hall–Kier alpha value is -1.34. The molecule has 0 fully saturated rings. The van der Waals surface area contributed by atoms with Crippen LogP contribution in [0.25, 0.3) is 0 Å². The molecule has 0 aliphatic carbocycles. The molecule has 0 aromatic carbocycles. The Morgan fingerprint density at radius 2 is 1.94 bits per heavy atom. The van der Waals surface area contributed by atoms with Gasteiger partial charge in [-0.25, -0.2) is 13.1 Å². The molecule has 0 bridgehead atoms. The quantitative estimate of drug-likeness (QED) is 0.815. The van der Waals surface area contributed by atoms with E-state index in [9.17, 15) is 13.2 Å². The van der Waals surface area contributed by atoms with Crippen LogP contribution < -0.4 is 10.5 Å². The first kappa shape index (κ1) is 14.7. The van der Waals surface area contributed by atoms with E-state index in [0.29, 0.717) is 0 Å². The third-order valence-corrected chi connectivity index (χ3v) is 4.41. The molecule has 1 heterocycles. The van der Waals surface area contributed by atoms with Crippen LogP contribution in [0, 0.1) is 5.92 Å². The molecule has 18 heavy (non-hydrogen) atoms. The van der Waals surface area contributed by atoms with Crippen molar-refractivity contribution >= 4 is 15.9 Å². The lowest BCUT2D eigenvalue weighted by Gasteiger charge is -2.16. The first-order chi connectivity index (χ1) is 8.15. The van der Waals surface area contributed by atoms with Gasteiger partial charge in [0.15, 0.2) is 0 Å². The highest BCUT2D eigenvalue weighted by atomic mass is 32.2. The summed E-state index contributed by atoms with van der Waals surface area (Å²) >= 11 is 0. The predicted molar refractivity (Wildman–Crippen MR) is 68.6 cm³/mol. The minimum Gasteiger partial charge on any atom is -0.364 e. The summed E-state index contributed by atoms with van der Waals surface area (Å²) in [6, 6.07) is 1.09. The van der Waals surface area contributed by atoms with Crippen molar-refractivity contribution in [2.75, 3.05) is 0 Å². The van der Waals surface area contributed by atoms with Gasteiger partial charge >= 0.3 is 0 Å². The largest absolute Gasteiger partial charge is 0.364 e. The maximum absolute atomic E-state index is 12.1. The molecule has 0 aliphatic rings. The molecule has 1 aromatic rings. The molecule has 0 saturated carbocycles. The fourth-order valence-electron chi connectivity index (χ4n) is 1.37. The minimum atomic E-state index is -3.62. The van der Waals surface area contributed by atoms with Gasteiger partial charge in [-0.3, -0.25) is 4.79 Å². The van der Waals surface area contributed by atoms with Crippen molar-refractivity contribution in [3.8, 4) is 0 Å². The van der Waals surface area contributed by atoms with Gasteiger partial charge in [-0.2, -0.15) is 0 Å². The predicted octanol–water partition coefficient (Wildman–Crippen LogP) is 0.447. The number of nitrogens with zero attached hydrogens (tertiary/aromatic N) is 1. The fraction of sp³-hybridized carbons (Fsp3) is 0.545. The van der Waals surface area contributed by atoms with Crippen LogP contribution in [0.1, 0.15) is 31.3 Å². The highest BCUT2D eigenvalue weighted by Gasteiger charge is 2.22. The summed E-state index contributed by atoms with van der Waals surface area (Å²) < 4.78 is 28.1.